The van der Waals surface area contributed by atoms with Crippen molar-refractivity contribution in [3.63, 3.8) is 0 Å². The zero-order chi connectivity index (χ0) is 15.4. The van der Waals surface area contributed by atoms with Gasteiger partial charge in [-0.25, -0.2) is 9.59 Å². The van der Waals surface area contributed by atoms with Crippen molar-refractivity contribution in [2.75, 3.05) is 32.1 Å². The molecule has 7 heteroatoms. The third kappa shape index (κ3) is 3.63. The van der Waals surface area contributed by atoms with E-state index in [1.165, 1.54) is 12.1 Å². The molecule has 114 valence electrons. The smallest absolute Gasteiger partial charge is 0.335 e. The standard InChI is InChI=1S/C14H18N2O5/c1-21-8-9-4-5-16(7-9)14(20)15-11-3-2-10(13(18)19)6-12(11)17/h2-3,6,9,17H,4-5,7-8H2,1H3,(H,15,20)(H,18,19). The first kappa shape index (κ1) is 15.1. The number of hydrogen-bond donors (Lipinski definition) is 3. The maximum atomic E-state index is 12.1. The molecule has 0 radical (unpaired) electrons. The summed E-state index contributed by atoms with van der Waals surface area (Å²) >= 11 is 0. The Balaban J connectivity index is 1.99. The molecular formula is C14H18N2O5. The van der Waals surface area contributed by atoms with E-state index in [0.717, 1.165) is 12.5 Å². The molecule has 3 N–H and O–H groups in total. The Labute approximate surface area is 122 Å². The van der Waals surface area contributed by atoms with Crippen molar-refractivity contribution in [3.05, 3.63) is 23.8 Å². The summed E-state index contributed by atoms with van der Waals surface area (Å²) in [6.07, 6.45) is 0.880. The molecule has 21 heavy (non-hydrogen) atoms. The lowest BCUT2D eigenvalue weighted by Crippen LogP contribution is -2.33. The number of phenols is 1. The molecule has 0 saturated carbocycles. The molecule has 1 heterocycles. The van der Waals surface area contributed by atoms with Gasteiger partial charge in [-0.15, -0.1) is 0 Å². The minimum absolute atomic E-state index is 0.0353. The van der Waals surface area contributed by atoms with Crippen LogP contribution in [-0.4, -0.2) is 53.9 Å². The number of carboxylic acids is 1. The van der Waals surface area contributed by atoms with Gasteiger partial charge in [-0.05, 0) is 24.6 Å². The Morgan fingerprint density at radius 3 is 2.86 bits per heavy atom. The number of phenolic OH excluding ortho intramolecular Hbond substituents is 1. The van der Waals surface area contributed by atoms with Crippen LogP contribution in [0.2, 0.25) is 0 Å². The highest BCUT2D eigenvalue weighted by Gasteiger charge is 2.26. The zero-order valence-electron chi connectivity index (χ0n) is 11.7. The molecule has 7 nitrogen and oxygen atoms in total. The summed E-state index contributed by atoms with van der Waals surface area (Å²) in [6, 6.07) is 3.50. The highest BCUT2D eigenvalue weighted by atomic mass is 16.5. The third-order valence-corrected chi connectivity index (χ3v) is 3.46. The van der Waals surface area contributed by atoms with Gasteiger partial charge in [0, 0.05) is 26.1 Å². The number of methoxy groups -OCH3 is 1. The number of ether oxygens (including phenoxy) is 1. The Kier molecular flexibility index (Phi) is 4.64. The number of carbonyl (C=O) groups excluding carboxylic acids is 1. The van der Waals surface area contributed by atoms with E-state index < -0.39 is 5.97 Å². The van der Waals surface area contributed by atoms with Gasteiger partial charge in [0.15, 0.2) is 0 Å². The van der Waals surface area contributed by atoms with Crippen molar-refractivity contribution in [1.82, 2.24) is 4.90 Å². The highest BCUT2D eigenvalue weighted by Crippen LogP contribution is 2.25. The van der Waals surface area contributed by atoms with Crippen molar-refractivity contribution in [2.45, 2.75) is 6.42 Å². The molecule has 1 aromatic rings. The van der Waals surface area contributed by atoms with Gasteiger partial charge in [0.2, 0.25) is 0 Å². The van der Waals surface area contributed by atoms with Crippen LogP contribution in [0.3, 0.4) is 0 Å². The number of likely N-dealkylation sites (tertiary alicyclic amines) is 1. The number of urea groups is 1. The molecule has 1 atom stereocenters. The van der Waals surface area contributed by atoms with Crippen LogP contribution in [0.4, 0.5) is 10.5 Å². The van der Waals surface area contributed by atoms with E-state index >= 15 is 0 Å². The highest BCUT2D eigenvalue weighted by molar-refractivity contribution is 5.93. The van der Waals surface area contributed by atoms with Gasteiger partial charge < -0.3 is 25.2 Å². The first-order valence-corrected chi connectivity index (χ1v) is 6.62. The van der Waals surface area contributed by atoms with Gasteiger partial charge in [0.25, 0.3) is 0 Å². The third-order valence-electron chi connectivity index (χ3n) is 3.46. The van der Waals surface area contributed by atoms with Crippen molar-refractivity contribution >= 4 is 17.7 Å². The van der Waals surface area contributed by atoms with Gasteiger partial charge in [-0.2, -0.15) is 0 Å². The second kappa shape index (κ2) is 6.45. The van der Waals surface area contributed by atoms with Gasteiger partial charge in [0.1, 0.15) is 5.75 Å². The molecule has 0 bridgehead atoms. The quantitative estimate of drug-likeness (QED) is 0.732. The van der Waals surface area contributed by atoms with Crippen LogP contribution in [0.1, 0.15) is 16.8 Å². The molecule has 1 aliphatic rings. The normalized spacial score (nSPS) is 17.8. The summed E-state index contributed by atoms with van der Waals surface area (Å²) in [4.78, 5) is 24.5. The van der Waals surface area contributed by atoms with Crippen molar-refractivity contribution in [2.24, 2.45) is 5.92 Å². The topological polar surface area (TPSA) is 99.1 Å². The van der Waals surface area contributed by atoms with E-state index in [-0.39, 0.29) is 23.0 Å². The summed E-state index contributed by atoms with van der Waals surface area (Å²) in [7, 11) is 1.63. The number of carbonyl (C=O) groups is 2. The average Bonchev–Trinajstić information content (AvgIpc) is 2.90. The lowest BCUT2D eigenvalue weighted by atomic mass is 10.1. The number of amides is 2. The molecule has 0 spiro atoms. The average molecular weight is 294 g/mol. The van der Waals surface area contributed by atoms with Crippen LogP contribution < -0.4 is 5.32 Å². The van der Waals surface area contributed by atoms with E-state index in [4.69, 9.17) is 9.84 Å². The zero-order valence-corrected chi connectivity index (χ0v) is 11.7. The van der Waals surface area contributed by atoms with Crippen molar-refractivity contribution in [1.29, 1.82) is 0 Å². The van der Waals surface area contributed by atoms with Crippen LogP contribution in [0.5, 0.6) is 5.75 Å². The maximum Gasteiger partial charge on any atom is 0.335 e. The Morgan fingerprint density at radius 1 is 1.48 bits per heavy atom. The molecule has 0 aliphatic carbocycles. The Hall–Kier alpha value is -2.28. The van der Waals surface area contributed by atoms with Crippen LogP contribution in [0.25, 0.3) is 0 Å². The van der Waals surface area contributed by atoms with Crippen LogP contribution in [0, 0.1) is 5.92 Å². The number of anilines is 1. The molecule has 1 saturated heterocycles. The second-order valence-corrected chi connectivity index (χ2v) is 5.02. The predicted octanol–water partition coefficient (Wildman–Crippen LogP) is 1.59. The van der Waals surface area contributed by atoms with Crippen LogP contribution >= 0.6 is 0 Å². The summed E-state index contributed by atoms with van der Waals surface area (Å²) in [5.74, 6) is -1.08. The van der Waals surface area contributed by atoms with E-state index in [1.54, 1.807) is 12.0 Å². The van der Waals surface area contributed by atoms with E-state index in [2.05, 4.69) is 5.32 Å². The fraction of sp³-hybridized carbons (Fsp3) is 0.429. The minimum atomic E-state index is -1.13. The molecular weight excluding hydrogens is 276 g/mol. The molecule has 2 rings (SSSR count). The summed E-state index contributed by atoms with van der Waals surface area (Å²) in [6.45, 7) is 1.85. The van der Waals surface area contributed by atoms with Crippen LogP contribution in [-0.2, 0) is 4.74 Å². The largest absolute Gasteiger partial charge is 0.506 e. The molecule has 1 aliphatic heterocycles. The number of hydrogen-bond acceptors (Lipinski definition) is 4. The molecule has 1 fully saturated rings. The number of carboxylic acid groups (broad SMARTS) is 1. The number of nitrogens with zero attached hydrogens (tertiary/aromatic N) is 1. The van der Waals surface area contributed by atoms with Gasteiger partial charge in [-0.3, -0.25) is 0 Å². The fourth-order valence-corrected chi connectivity index (χ4v) is 2.35. The van der Waals surface area contributed by atoms with Gasteiger partial charge in [0.05, 0.1) is 17.9 Å². The van der Waals surface area contributed by atoms with Gasteiger partial charge in [-0.1, -0.05) is 0 Å². The monoisotopic (exact) mass is 294 g/mol. The lowest BCUT2D eigenvalue weighted by molar-refractivity contribution is 0.0696. The van der Waals surface area contributed by atoms with Crippen LogP contribution in [0.15, 0.2) is 18.2 Å². The lowest BCUT2D eigenvalue weighted by Gasteiger charge is -2.18. The summed E-state index contributed by atoms with van der Waals surface area (Å²) in [5.41, 5.74) is 0.159. The molecule has 0 aromatic heterocycles. The summed E-state index contributed by atoms with van der Waals surface area (Å²) < 4.78 is 5.07. The molecule has 1 unspecified atom stereocenters. The fourth-order valence-electron chi connectivity index (χ4n) is 2.35. The first-order valence-electron chi connectivity index (χ1n) is 6.62. The number of aromatic carboxylic acids is 1. The van der Waals surface area contributed by atoms with Crippen molar-refractivity contribution < 1.29 is 24.5 Å². The SMILES string of the molecule is COCC1CCN(C(=O)Nc2ccc(C(=O)O)cc2O)C1. The molecule has 2 amide bonds. The minimum Gasteiger partial charge on any atom is -0.506 e. The Morgan fingerprint density at radius 2 is 2.24 bits per heavy atom. The van der Waals surface area contributed by atoms with E-state index in [1.807, 2.05) is 0 Å². The van der Waals surface area contributed by atoms with Crippen molar-refractivity contribution in [3.8, 4) is 5.75 Å². The summed E-state index contributed by atoms with van der Waals surface area (Å²) in [5, 5.41) is 21.2. The predicted molar refractivity (Wildman–Crippen MR) is 75.6 cm³/mol. The number of benzene rings is 1. The Bertz CT molecular complexity index is 546. The number of rotatable bonds is 4. The number of aromatic hydroxyl groups is 1. The maximum absolute atomic E-state index is 12.1. The molecule has 1 aromatic carbocycles. The van der Waals surface area contributed by atoms with Gasteiger partial charge >= 0.3 is 12.0 Å². The van der Waals surface area contributed by atoms with E-state index in [0.29, 0.717) is 25.6 Å². The number of nitrogens with one attached hydrogen (secondary N) is 1. The van der Waals surface area contributed by atoms with E-state index in [9.17, 15) is 14.7 Å². The second-order valence-electron chi connectivity index (χ2n) is 5.02. The first-order chi connectivity index (χ1) is 10.0.